The Morgan fingerprint density at radius 3 is 2.32 bits per heavy atom. The number of alkyl halides is 1. The lowest BCUT2D eigenvalue weighted by Crippen LogP contribution is -2.32. The Bertz CT molecular complexity index is 396. The van der Waals surface area contributed by atoms with Crippen LogP contribution in [0, 0.1) is 5.92 Å². The molecule has 0 spiro atoms. The van der Waals surface area contributed by atoms with Gasteiger partial charge in [0, 0.05) is 6.54 Å². The van der Waals surface area contributed by atoms with Crippen molar-refractivity contribution < 1.29 is 9.47 Å². The van der Waals surface area contributed by atoms with Gasteiger partial charge >= 0.3 is 0 Å². The molecule has 0 saturated carbocycles. The summed E-state index contributed by atoms with van der Waals surface area (Å²) in [6.07, 6.45) is 0.937. The lowest BCUT2D eigenvalue weighted by molar-refractivity contribution is 0.263. The zero-order chi connectivity index (χ0) is 14.4. The minimum absolute atomic E-state index is 0.0696. The molecule has 1 aromatic carbocycles. The Morgan fingerprint density at radius 1 is 1.16 bits per heavy atom. The zero-order valence-corrected chi connectivity index (χ0v) is 13.2. The van der Waals surface area contributed by atoms with Crippen molar-refractivity contribution in [3.05, 3.63) is 23.8 Å². The average Bonchev–Trinajstić information content (AvgIpc) is 2.43. The molecule has 1 aromatic rings. The second-order valence-corrected chi connectivity index (χ2v) is 5.48. The summed E-state index contributed by atoms with van der Waals surface area (Å²) in [5.74, 6) is 1.98. The number of ether oxygens (including phenoxy) is 2. The number of nitrogens with zero attached hydrogens (tertiary/aromatic N) is 1. The predicted octanol–water partition coefficient (Wildman–Crippen LogP) is 3.40. The van der Waals surface area contributed by atoms with Crippen LogP contribution in [0.2, 0.25) is 0 Å². The molecular weight excluding hydrogens is 262 g/mol. The summed E-state index contributed by atoms with van der Waals surface area (Å²) in [5, 5.41) is 0. The van der Waals surface area contributed by atoms with E-state index >= 15 is 0 Å². The monoisotopic (exact) mass is 285 g/mol. The van der Waals surface area contributed by atoms with Gasteiger partial charge in [-0.25, -0.2) is 0 Å². The number of halogens is 1. The number of likely N-dealkylation sites (N-methyl/N-ethyl adjacent to an activating group) is 1. The first-order valence-electron chi connectivity index (χ1n) is 6.54. The summed E-state index contributed by atoms with van der Waals surface area (Å²) in [4.78, 5) is 2.17. The molecule has 0 aliphatic carbocycles. The van der Waals surface area contributed by atoms with Crippen LogP contribution in [0.15, 0.2) is 18.2 Å². The van der Waals surface area contributed by atoms with Crippen molar-refractivity contribution >= 4 is 11.6 Å². The topological polar surface area (TPSA) is 21.7 Å². The first-order chi connectivity index (χ1) is 8.99. The molecule has 0 heterocycles. The molecule has 0 saturated heterocycles. The van der Waals surface area contributed by atoms with E-state index in [2.05, 4.69) is 31.9 Å². The highest BCUT2D eigenvalue weighted by Crippen LogP contribution is 2.27. The van der Waals surface area contributed by atoms with Gasteiger partial charge in [0.15, 0.2) is 11.5 Å². The van der Waals surface area contributed by atoms with E-state index in [4.69, 9.17) is 21.1 Å². The van der Waals surface area contributed by atoms with Gasteiger partial charge in [-0.2, -0.15) is 0 Å². The summed E-state index contributed by atoms with van der Waals surface area (Å²) in [5.41, 5.74) is 1.29. The first kappa shape index (κ1) is 16.1. The molecular formula is C15H24ClNO2. The van der Waals surface area contributed by atoms with Crippen LogP contribution in [-0.2, 0) is 6.42 Å². The molecule has 3 nitrogen and oxygen atoms in total. The maximum atomic E-state index is 6.32. The van der Waals surface area contributed by atoms with Gasteiger partial charge < -0.3 is 9.47 Å². The summed E-state index contributed by atoms with van der Waals surface area (Å²) in [6.45, 7) is 5.18. The van der Waals surface area contributed by atoms with Crippen molar-refractivity contribution in [3.63, 3.8) is 0 Å². The molecule has 0 aliphatic rings. The summed E-state index contributed by atoms with van der Waals surface area (Å²) >= 11 is 6.32. The van der Waals surface area contributed by atoms with Gasteiger partial charge in [0.05, 0.1) is 19.7 Å². The zero-order valence-electron chi connectivity index (χ0n) is 12.4. The maximum Gasteiger partial charge on any atom is 0.160 e. The van der Waals surface area contributed by atoms with Gasteiger partial charge in [-0.05, 0) is 37.1 Å². The number of benzene rings is 1. The minimum Gasteiger partial charge on any atom is -0.493 e. The molecule has 1 rings (SSSR count). The SMILES string of the molecule is COc1ccc(CCN(C)C(Cl)C(C)C)cc1OC. The van der Waals surface area contributed by atoms with Crippen molar-refractivity contribution in [3.8, 4) is 11.5 Å². The molecule has 1 unspecified atom stereocenters. The van der Waals surface area contributed by atoms with Gasteiger partial charge in [0.2, 0.25) is 0 Å². The largest absolute Gasteiger partial charge is 0.493 e. The van der Waals surface area contributed by atoms with E-state index in [9.17, 15) is 0 Å². The summed E-state index contributed by atoms with van der Waals surface area (Å²) < 4.78 is 10.5. The molecule has 19 heavy (non-hydrogen) atoms. The highest BCUT2D eigenvalue weighted by atomic mass is 35.5. The van der Waals surface area contributed by atoms with Crippen molar-refractivity contribution in [2.45, 2.75) is 25.8 Å². The van der Waals surface area contributed by atoms with Gasteiger partial charge in [-0.1, -0.05) is 19.9 Å². The van der Waals surface area contributed by atoms with Crippen LogP contribution in [0.1, 0.15) is 19.4 Å². The van der Waals surface area contributed by atoms with Crippen LogP contribution >= 0.6 is 11.6 Å². The van der Waals surface area contributed by atoms with E-state index in [-0.39, 0.29) is 5.50 Å². The number of hydrogen-bond donors (Lipinski definition) is 0. The molecule has 4 heteroatoms. The molecule has 0 amide bonds. The van der Waals surface area contributed by atoms with E-state index in [1.54, 1.807) is 14.2 Å². The van der Waals surface area contributed by atoms with Crippen LogP contribution < -0.4 is 9.47 Å². The standard InChI is InChI=1S/C15H24ClNO2/c1-11(2)15(16)17(3)9-8-12-6-7-13(18-4)14(10-12)19-5/h6-7,10-11,15H,8-9H2,1-5H3. The Kier molecular flexibility index (Phi) is 6.46. The third-order valence-corrected chi connectivity index (χ3v) is 4.01. The van der Waals surface area contributed by atoms with Crippen molar-refractivity contribution in [1.29, 1.82) is 0 Å². The molecule has 1 atom stereocenters. The lowest BCUT2D eigenvalue weighted by Gasteiger charge is -2.25. The van der Waals surface area contributed by atoms with E-state index < -0.39 is 0 Å². The summed E-state index contributed by atoms with van der Waals surface area (Å²) in [6, 6.07) is 6.02. The minimum atomic E-state index is 0.0696. The molecule has 0 bridgehead atoms. The highest BCUT2D eigenvalue weighted by molar-refractivity contribution is 6.20. The Morgan fingerprint density at radius 2 is 1.79 bits per heavy atom. The predicted molar refractivity (Wildman–Crippen MR) is 80.4 cm³/mol. The quantitative estimate of drug-likeness (QED) is 0.566. The Labute approximate surface area is 121 Å². The Balaban J connectivity index is 2.63. The third kappa shape index (κ3) is 4.59. The maximum absolute atomic E-state index is 6.32. The number of hydrogen-bond acceptors (Lipinski definition) is 3. The molecule has 0 radical (unpaired) electrons. The second kappa shape index (κ2) is 7.61. The number of methoxy groups -OCH3 is 2. The smallest absolute Gasteiger partial charge is 0.160 e. The second-order valence-electron chi connectivity index (χ2n) is 5.04. The van der Waals surface area contributed by atoms with Crippen LogP contribution in [0.3, 0.4) is 0 Å². The van der Waals surface area contributed by atoms with Gasteiger partial charge in [-0.15, -0.1) is 11.6 Å². The van der Waals surface area contributed by atoms with Crippen LogP contribution in [0.4, 0.5) is 0 Å². The summed E-state index contributed by atoms with van der Waals surface area (Å²) in [7, 11) is 5.35. The molecule has 0 N–H and O–H groups in total. The third-order valence-electron chi connectivity index (χ3n) is 3.17. The van der Waals surface area contributed by atoms with Gasteiger partial charge in [0.1, 0.15) is 0 Å². The van der Waals surface area contributed by atoms with Crippen LogP contribution in [-0.4, -0.2) is 38.2 Å². The molecule has 0 aliphatic heterocycles. The van der Waals surface area contributed by atoms with Gasteiger partial charge in [0.25, 0.3) is 0 Å². The Hall–Kier alpha value is -0.930. The van der Waals surface area contributed by atoms with Gasteiger partial charge in [-0.3, -0.25) is 4.90 Å². The van der Waals surface area contributed by atoms with Crippen LogP contribution in [0.25, 0.3) is 0 Å². The lowest BCUT2D eigenvalue weighted by atomic mass is 10.1. The first-order valence-corrected chi connectivity index (χ1v) is 6.98. The van der Waals surface area contributed by atoms with Crippen molar-refractivity contribution in [2.75, 3.05) is 27.8 Å². The molecule has 108 valence electrons. The normalized spacial score (nSPS) is 12.8. The fourth-order valence-electron chi connectivity index (χ4n) is 1.97. The fraction of sp³-hybridized carbons (Fsp3) is 0.600. The van der Waals surface area contributed by atoms with E-state index in [1.807, 2.05) is 12.1 Å². The van der Waals surface area contributed by atoms with E-state index in [0.29, 0.717) is 5.92 Å². The molecule has 0 fully saturated rings. The van der Waals surface area contributed by atoms with Crippen molar-refractivity contribution in [1.82, 2.24) is 4.90 Å². The average molecular weight is 286 g/mol. The van der Waals surface area contributed by atoms with E-state index in [1.165, 1.54) is 5.56 Å². The molecule has 0 aromatic heterocycles. The van der Waals surface area contributed by atoms with E-state index in [0.717, 1.165) is 24.5 Å². The highest BCUT2D eigenvalue weighted by Gasteiger charge is 2.15. The van der Waals surface area contributed by atoms with Crippen molar-refractivity contribution in [2.24, 2.45) is 5.92 Å². The fourth-order valence-corrected chi connectivity index (χ4v) is 2.07. The number of rotatable bonds is 7. The van der Waals surface area contributed by atoms with Crippen LogP contribution in [0.5, 0.6) is 11.5 Å².